The first kappa shape index (κ1) is 23.0. The van der Waals surface area contributed by atoms with E-state index >= 15 is 0 Å². The predicted molar refractivity (Wildman–Crippen MR) is 121 cm³/mol. The molecule has 2 rings (SSSR count). The molecule has 0 saturated heterocycles. The number of carbonyl (C=O) groups excluding carboxylic acids is 2. The van der Waals surface area contributed by atoms with E-state index < -0.39 is 6.04 Å². The number of hydrogen-bond acceptors (Lipinski definition) is 3. The lowest BCUT2D eigenvalue weighted by Gasteiger charge is -2.30. The van der Waals surface area contributed by atoms with Gasteiger partial charge in [0, 0.05) is 18.0 Å². The van der Waals surface area contributed by atoms with E-state index in [0.717, 1.165) is 16.9 Å². The molecule has 156 valence electrons. The van der Waals surface area contributed by atoms with Crippen molar-refractivity contribution in [1.82, 2.24) is 10.2 Å². The van der Waals surface area contributed by atoms with Gasteiger partial charge in [-0.2, -0.15) is 0 Å². The lowest BCUT2D eigenvalue weighted by Crippen LogP contribution is -2.49. The average Bonchev–Trinajstić information content (AvgIpc) is 2.72. The van der Waals surface area contributed by atoms with Crippen LogP contribution in [0.1, 0.15) is 43.4 Å². The van der Waals surface area contributed by atoms with Gasteiger partial charge in [0.15, 0.2) is 0 Å². The van der Waals surface area contributed by atoms with Gasteiger partial charge in [-0.05, 0) is 44.4 Å². The molecule has 2 amide bonds. The number of nitrogens with one attached hydrogen (secondary N) is 1. The van der Waals surface area contributed by atoms with Crippen molar-refractivity contribution in [1.29, 1.82) is 0 Å². The first-order valence-electron chi connectivity index (χ1n) is 10.3. The van der Waals surface area contributed by atoms with Crippen LogP contribution in [-0.2, 0) is 16.1 Å². The number of carbonyl (C=O) groups is 2. The van der Waals surface area contributed by atoms with Crippen molar-refractivity contribution in [3.63, 3.8) is 0 Å². The average molecular weight is 413 g/mol. The standard InChI is InChI=1S/C24H32N2O2S/c1-5-15-25-24(28)22(6-2)26(16-20-11-7-18(3)8-12-20)23(27)17-29-21-13-9-19(4)10-14-21/h7-14,22H,5-6,15-17H2,1-4H3,(H,25,28). The largest absolute Gasteiger partial charge is 0.354 e. The fourth-order valence-corrected chi connectivity index (χ4v) is 3.82. The van der Waals surface area contributed by atoms with Gasteiger partial charge in [0.2, 0.25) is 11.8 Å². The summed E-state index contributed by atoms with van der Waals surface area (Å²) < 4.78 is 0. The molecule has 0 spiro atoms. The summed E-state index contributed by atoms with van der Waals surface area (Å²) in [5.74, 6) is 0.219. The van der Waals surface area contributed by atoms with Crippen LogP contribution in [-0.4, -0.2) is 35.1 Å². The monoisotopic (exact) mass is 412 g/mol. The molecule has 5 heteroatoms. The van der Waals surface area contributed by atoms with Gasteiger partial charge in [0.1, 0.15) is 6.04 Å². The summed E-state index contributed by atoms with van der Waals surface area (Å²) in [7, 11) is 0. The first-order valence-corrected chi connectivity index (χ1v) is 11.2. The van der Waals surface area contributed by atoms with Crippen molar-refractivity contribution in [3.05, 3.63) is 65.2 Å². The van der Waals surface area contributed by atoms with E-state index in [-0.39, 0.29) is 11.8 Å². The zero-order chi connectivity index (χ0) is 21.2. The van der Waals surface area contributed by atoms with Gasteiger partial charge in [-0.15, -0.1) is 11.8 Å². The number of thioether (sulfide) groups is 1. The highest BCUT2D eigenvalue weighted by Gasteiger charge is 2.28. The third-order valence-corrected chi connectivity index (χ3v) is 5.79. The van der Waals surface area contributed by atoms with Crippen LogP contribution < -0.4 is 5.32 Å². The maximum absolute atomic E-state index is 13.2. The van der Waals surface area contributed by atoms with E-state index in [2.05, 4.69) is 5.32 Å². The molecule has 1 atom stereocenters. The Labute approximate surface area is 179 Å². The quantitative estimate of drug-likeness (QED) is 0.574. The highest BCUT2D eigenvalue weighted by Crippen LogP contribution is 2.21. The molecule has 0 saturated carbocycles. The highest BCUT2D eigenvalue weighted by atomic mass is 32.2. The predicted octanol–water partition coefficient (Wildman–Crippen LogP) is 4.73. The van der Waals surface area contributed by atoms with Crippen LogP contribution in [0.25, 0.3) is 0 Å². The molecule has 2 aromatic rings. The third-order valence-electron chi connectivity index (χ3n) is 4.79. The number of benzene rings is 2. The summed E-state index contributed by atoms with van der Waals surface area (Å²) in [5, 5.41) is 2.95. The highest BCUT2D eigenvalue weighted by molar-refractivity contribution is 8.00. The van der Waals surface area contributed by atoms with Crippen molar-refractivity contribution >= 4 is 23.6 Å². The molecule has 0 aliphatic carbocycles. The Morgan fingerprint density at radius 2 is 1.55 bits per heavy atom. The van der Waals surface area contributed by atoms with Crippen LogP contribution in [0, 0.1) is 13.8 Å². The van der Waals surface area contributed by atoms with Gasteiger partial charge >= 0.3 is 0 Å². The fourth-order valence-electron chi connectivity index (χ4n) is 3.04. The van der Waals surface area contributed by atoms with E-state index in [1.54, 1.807) is 4.90 Å². The molecule has 0 fully saturated rings. The number of rotatable bonds is 10. The second-order valence-corrected chi connectivity index (χ2v) is 8.37. The smallest absolute Gasteiger partial charge is 0.242 e. The van der Waals surface area contributed by atoms with E-state index in [1.807, 2.05) is 76.2 Å². The van der Waals surface area contributed by atoms with E-state index in [4.69, 9.17) is 0 Å². The topological polar surface area (TPSA) is 49.4 Å². The minimum Gasteiger partial charge on any atom is -0.354 e. The normalized spacial score (nSPS) is 11.7. The molecule has 2 aromatic carbocycles. The summed E-state index contributed by atoms with van der Waals surface area (Å²) >= 11 is 1.51. The number of hydrogen-bond donors (Lipinski definition) is 1. The van der Waals surface area contributed by atoms with E-state index in [0.29, 0.717) is 25.3 Å². The van der Waals surface area contributed by atoms with Gasteiger partial charge in [-0.1, -0.05) is 61.4 Å². The Kier molecular flexibility index (Phi) is 9.26. The molecular weight excluding hydrogens is 380 g/mol. The van der Waals surface area contributed by atoms with Crippen LogP contribution in [0.4, 0.5) is 0 Å². The molecule has 0 bridgehead atoms. The minimum absolute atomic E-state index is 0.0188. The van der Waals surface area contributed by atoms with E-state index in [9.17, 15) is 9.59 Å². The van der Waals surface area contributed by atoms with Gasteiger partial charge in [-0.25, -0.2) is 0 Å². The molecule has 0 aliphatic heterocycles. The Morgan fingerprint density at radius 3 is 2.10 bits per heavy atom. The van der Waals surface area contributed by atoms with Gasteiger partial charge in [0.05, 0.1) is 5.75 Å². The molecule has 1 N–H and O–H groups in total. The Morgan fingerprint density at radius 1 is 0.966 bits per heavy atom. The summed E-state index contributed by atoms with van der Waals surface area (Å²) in [6.07, 6.45) is 1.46. The summed E-state index contributed by atoms with van der Waals surface area (Å²) in [6.45, 7) is 9.13. The minimum atomic E-state index is -0.464. The van der Waals surface area contributed by atoms with Crippen molar-refractivity contribution in [2.75, 3.05) is 12.3 Å². The number of aryl methyl sites for hydroxylation is 2. The molecule has 0 aliphatic rings. The summed E-state index contributed by atoms with van der Waals surface area (Å²) in [6, 6.07) is 15.8. The Balaban J connectivity index is 2.16. The van der Waals surface area contributed by atoms with Gasteiger partial charge < -0.3 is 10.2 Å². The second-order valence-electron chi connectivity index (χ2n) is 7.32. The lowest BCUT2D eigenvalue weighted by molar-refractivity contribution is -0.139. The van der Waals surface area contributed by atoms with Crippen molar-refractivity contribution < 1.29 is 9.59 Å². The Hall–Kier alpha value is -2.27. The molecular formula is C24H32N2O2S. The van der Waals surface area contributed by atoms with Crippen LogP contribution in [0.15, 0.2) is 53.4 Å². The molecule has 4 nitrogen and oxygen atoms in total. The molecule has 0 aromatic heterocycles. The Bertz CT molecular complexity index is 788. The first-order chi connectivity index (χ1) is 13.9. The van der Waals surface area contributed by atoms with Crippen LogP contribution in [0.2, 0.25) is 0 Å². The number of amides is 2. The fraction of sp³-hybridized carbons (Fsp3) is 0.417. The molecule has 29 heavy (non-hydrogen) atoms. The summed E-state index contributed by atoms with van der Waals surface area (Å²) in [5.41, 5.74) is 3.40. The molecule has 0 heterocycles. The van der Waals surface area contributed by atoms with Crippen LogP contribution in [0.5, 0.6) is 0 Å². The zero-order valence-electron chi connectivity index (χ0n) is 17.9. The van der Waals surface area contributed by atoms with Crippen molar-refractivity contribution in [2.24, 2.45) is 0 Å². The van der Waals surface area contributed by atoms with Crippen LogP contribution in [0.3, 0.4) is 0 Å². The van der Waals surface area contributed by atoms with E-state index in [1.165, 1.54) is 22.9 Å². The third kappa shape index (κ3) is 7.24. The molecule has 1 unspecified atom stereocenters. The summed E-state index contributed by atoms with van der Waals surface area (Å²) in [4.78, 5) is 28.7. The van der Waals surface area contributed by atoms with Crippen molar-refractivity contribution in [3.8, 4) is 0 Å². The van der Waals surface area contributed by atoms with Crippen LogP contribution >= 0.6 is 11.8 Å². The SMILES string of the molecule is CCCNC(=O)C(CC)N(Cc1ccc(C)cc1)C(=O)CSc1ccc(C)cc1. The zero-order valence-corrected chi connectivity index (χ0v) is 18.7. The second kappa shape index (κ2) is 11.7. The lowest BCUT2D eigenvalue weighted by atomic mass is 10.1. The van der Waals surface area contributed by atoms with Crippen molar-refractivity contribution in [2.45, 2.75) is 58.0 Å². The van der Waals surface area contributed by atoms with Gasteiger partial charge in [-0.3, -0.25) is 9.59 Å². The van der Waals surface area contributed by atoms with Gasteiger partial charge in [0.25, 0.3) is 0 Å². The molecule has 0 radical (unpaired) electrons. The maximum Gasteiger partial charge on any atom is 0.242 e. The number of nitrogens with zero attached hydrogens (tertiary/aromatic N) is 1. The maximum atomic E-state index is 13.2.